The topological polar surface area (TPSA) is 92.8 Å². The summed E-state index contributed by atoms with van der Waals surface area (Å²) in [5, 5.41) is 29.8. The number of hydrogen-bond acceptors (Lipinski definition) is 5. The van der Waals surface area contributed by atoms with Crippen molar-refractivity contribution in [3.05, 3.63) is 32.9 Å². The number of benzene rings is 1. The summed E-state index contributed by atoms with van der Waals surface area (Å²) in [4.78, 5) is 9.76. The molecule has 0 fully saturated rings. The Hall–Kier alpha value is -1.82. The van der Waals surface area contributed by atoms with Gasteiger partial charge < -0.3 is 14.9 Å². The Labute approximate surface area is 105 Å². The van der Waals surface area contributed by atoms with Gasteiger partial charge in [-0.05, 0) is 36.6 Å². The summed E-state index contributed by atoms with van der Waals surface area (Å²) in [6, 6.07) is 1.65. The summed E-state index contributed by atoms with van der Waals surface area (Å²) in [6.07, 6.45) is -0.930. The molecule has 6 nitrogen and oxygen atoms in total. The highest BCUT2D eigenvalue weighted by molar-refractivity contribution is 5.52. The van der Waals surface area contributed by atoms with Gasteiger partial charge >= 0.3 is 0 Å². The molecule has 18 heavy (non-hydrogen) atoms. The first-order valence-corrected chi connectivity index (χ1v) is 5.52. The lowest BCUT2D eigenvalue weighted by Crippen LogP contribution is -2.22. The third-order valence-electron chi connectivity index (χ3n) is 2.88. The minimum absolute atomic E-state index is 0.00593. The van der Waals surface area contributed by atoms with E-state index < -0.39 is 17.6 Å². The number of rotatable bonds is 5. The molecule has 0 amide bonds. The first-order valence-electron chi connectivity index (χ1n) is 5.52. The van der Waals surface area contributed by atoms with E-state index in [0.717, 1.165) is 5.56 Å². The van der Waals surface area contributed by atoms with Gasteiger partial charge in [-0.15, -0.1) is 0 Å². The molecule has 0 aliphatic carbocycles. The monoisotopic (exact) mass is 255 g/mol. The largest absolute Gasteiger partial charge is 0.504 e. The maximum atomic E-state index is 10.3. The summed E-state index contributed by atoms with van der Waals surface area (Å²) in [5.41, 5.74) is 2.11. The molecule has 0 saturated carbocycles. The van der Waals surface area contributed by atoms with Crippen molar-refractivity contribution in [3.63, 3.8) is 0 Å². The number of nitro groups is 1. The van der Waals surface area contributed by atoms with Crippen molar-refractivity contribution in [3.8, 4) is 11.5 Å². The molecule has 1 aromatic carbocycles. The van der Waals surface area contributed by atoms with Gasteiger partial charge in [0.15, 0.2) is 11.5 Å². The number of nitrogens with zero attached hydrogens (tertiary/aromatic N) is 1. The van der Waals surface area contributed by atoms with Crippen LogP contribution in [0.4, 0.5) is 0 Å². The van der Waals surface area contributed by atoms with E-state index in [-0.39, 0.29) is 12.2 Å². The van der Waals surface area contributed by atoms with E-state index >= 15 is 0 Å². The lowest BCUT2D eigenvalue weighted by Gasteiger charge is -2.16. The van der Waals surface area contributed by atoms with Crippen LogP contribution in [0.3, 0.4) is 0 Å². The van der Waals surface area contributed by atoms with Crippen LogP contribution in [0.15, 0.2) is 6.07 Å². The Morgan fingerprint density at radius 2 is 2.11 bits per heavy atom. The Morgan fingerprint density at radius 1 is 1.50 bits per heavy atom. The summed E-state index contributed by atoms with van der Waals surface area (Å²) >= 11 is 0. The van der Waals surface area contributed by atoms with Crippen LogP contribution in [-0.4, -0.2) is 34.9 Å². The van der Waals surface area contributed by atoms with Gasteiger partial charge in [0.05, 0.1) is 7.11 Å². The number of aliphatic hydroxyl groups excluding tert-OH is 1. The normalized spacial score (nSPS) is 12.2. The Balaban J connectivity index is 3.03. The van der Waals surface area contributed by atoms with E-state index in [0.29, 0.717) is 16.9 Å². The molecule has 1 aromatic rings. The van der Waals surface area contributed by atoms with E-state index in [9.17, 15) is 20.3 Å². The first kappa shape index (κ1) is 14.2. The third kappa shape index (κ3) is 3.10. The number of hydrogen-bond donors (Lipinski definition) is 2. The Morgan fingerprint density at radius 3 is 2.61 bits per heavy atom. The van der Waals surface area contributed by atoms with E-state index in [1.54, 1.807) is 13.0 Å². The molecule has 1 rings (SSSR count). The molecule has 100 valence electrons. The highest BCUT2D eigenvalue weighted by Gasteiger charge is 2.18. The summed E-state index contributed by atoms with van der Waals surface area (Å²) in [6.45, 7) is 2.99. The molecule has 0 aromatic heterocycles. The molecular weight excluding hydrogens is 238 g/mol. The maximum absolute atomic E-state index is 10.3. The average Bonchev–Trinajstić information content (AvgIpc) is 2.28. The van der Waals surface area contributed by atoms with Gasteiger partial charge in [-0.3, -0.25) is 10.1 Å². The zero-order valence-electron chi connectivity index (χ0n) is 10.6. The smallest absolute Gasteiger partial charge is 0.229 e. The fourth-order valence-electron chi connectivity index (χ4n) is 1.92. The highest BCUT2D eigenvalue weighted by Crippen LogP contribution is 2.34. The number of phenols is 1. The summed E-state index contributed by atoms with van der Waals surface area (Å²) < 4.78 is 5.01. The second-order valence-electron chi connectivity index (χ2n) is 4.22. The highest BCUT2D eigenvalue weighted by atomic mass is 16.6. The standard InChI is InChI=1S/C12H17NO5/c1-7-4-11(18-3)12(15)8(2)10(7)5-9(14)6-13(16)17/h4,9,14-15H,5-6H2,1-3H3. The second-order valence-corrected chi connectivity index (χ2v) is 4.22. The van der Waals surface area contributed by atoms with Crippen LogP contribution in [0.25, 0.3) is 0 Å². The van der Waals surface area contributed by atoms with Gasteiger partial charge in [-0.25, -0.2) is 0 Å². The number of phenolic OH excluding ortho intramolecular Hbond substituents is 1. The predicted molar refractivity (Wildman–Crippen MR) is 65.7 cm³/mol. The average molecular weight is 255 g/mol. The van der Waals surface area contributed by atoms with E-state index in [1.165, 1.54) is 7.11 Å². The Kier molecular flexibility index (Phi) is 4.49. The van der Waals surface area contributed by atoms with Gasteiger partial charge in [0.25, 0.3) is 0 Å². The molecule has 2 N–H and O–H groups in total. The molecule has 0 saturated heterocycles. The fourth-order valence-corrected chi connectivity index (χ4v) is 1.92. The number of ether oxygens (including phenoxy) is 1. The van der Waals surface area contributed by atoms with Crippen molar-refractivity contribution >= 4 is 0 Å². The molecule has 0 aliphatic heterocycles. The van der Waals surface area contributed by atoms with Gasteiger partial charge in [0.1, 0.15) is 6.10 Å². The van der Waals surface area contributed by atoms with E-state index in [2.05, 4.69) is 0 Å². The zero-order chi connectivity index (χ0) is 13.9. The van der Waals surface area contributed by atoms with Crippen LogP contribution in [0.1, 0.15) is 16.7 Å². The quantitative estimate of drug-likeness (QED) is 0.609. The van der Waals surface area contributed by atoms with Crippen LogP contribution in [0, 0.1) is 24.0 Å². The van der Waals surface area contributed by atoms with Crippen LogP contribution in [-0.2, 0) is 6.42 Å². The van der Waals surface area contributed by atoms with Gasteiger partial charge in [-0.2, -0.15) is 0 Å². The number of aliphatic hydroxyl groups is 1. The van der Waals surface area contributed by atoms with E-state index in [1.807, 2.05) is 6.92 Å². The van der Waals surface area contributed by atoms with Gasteiger partial charge in [-0.1, -0.05) is 0 Å². The van der Waals surface area contributed by atoms with Crippen molar-refractivity contribution in [1.82, 2.24) is 0 Å². The SMILES string of the molecule is COc1cc(C)c(CC(O)C[N+](=O)[O-])c(C)c1O. The van der Waals surface area contributed by atoms with Crippen molar-refractivity contribution in [2.45, 2.75) is 26.4 Å². The lowest BCUT2D eigenvalue weighted by molar-refractivity contribution is -0.490. The third-order valence-corrected chi connectivity index (χ3v) is 2.88. The molecule has 0 radical (unpaired) electrons. The molecule has 0 aliphatic rings. The van der Waals surface area contributed by atoms with Crippen molar-refractivity contribution in [2.24, 2.45) is 0 Å². The summed E-state index contributed by atoms with van der Waals surface area (Å²) in [5.74, 6) is 0.365. The zero-order valence-corrected chi connectivity index (χ0v) is 10.6. The number of aryl methyl sites for hydroxylation is 1. The minimum atomic E-state index is -1.06. The molecule has 1 unspecified atom stereocenters. The van der Waals surface area contributed by atoms with Crippen molar-refractivity contribution in [1.29, 1.82) is 0 Å². The lowest BCUT2D eigenvalue weighted by atomic mass is 9.96. The fraction of sp³-hybridized carbons (Fsp3) is 0.500. The van der Waals surface area contributed by atoms with Crippen molar-refractivity contribution in [2.75, 3.05) is 13.7 Å². The molecule has 0 spiro atoms. The van der Waals surface area contributed by atoms with Crippen LogP contribution >= 0.6 is 0 Å². The Bertz CT molecular complexity index is 458. The molecular formula is C12H17NO5. The van der Waals surface area contributed by atoms with Crippen LogP contribution in [0.2, 0.25) is 0 Å². The predicted octanol–water partition coefficient (Wildman–Crippen LogP) is 1.20. The molecule has 1 atom stereocenters. The number of aromatic hydroxyl groups is 1. The van der Waals surface area contributed by atoms with Crippen LogP contribution < -0.4 is 4.74 Å². The molecule has 6 heteroatoms. The van der Waals surface area contributed by atoms with Gasteiger partial charge in [0.2, 0.25) is 6.54 Å². The number of methoxy groups -OCH3 is 1. The van der Waals surface area contributed by atoms with Crippen molar-refractivity contribution < 1.29 is 19.9 Å². The van der Waals surface area contributed by atoms with Gasteiger partial charge in [0, 0.05) is 11.3 Å². The second kappa shape index (κ2) is 5.68. The maximum Gasteiger partial charge on any atom is 0.229 e. The first-order chi connectivity index (χ1) is 8.36. The van der Waals surface area contributed by atoms with Crippen LogP contribution in [0.5, 0.6) is 11.5 Å². The molecule has 0 bridgehead atoms. The molecule has 0 heterocycles. The summed E-state index contributed by atoms with van der Waals surface area (Å²) in [7, 11) is 1.45. The van der Waals surface area contributed by atoms with E-state index in [4.69, 9.17) is 4.74 Å². The minimum Gasteiger partial charge on any atom is -0.504 e.